The molecule has 0 radical (unpaired) electrons. The molecule has 10 heteroatoms. The van der Waals surface area contributed by atoms with Crippen LogP contribution < -0.4 is 0 Å². The van der Waals surface area contributed by atoms with E-state index in [1.165, 1.54) is 30.5 Å². The standard InChI is InChI=1S/C18H9N3O7/c22-19(23)10-3-4-13-14(6-10)15(9-12-2-1-5-28-12)16-7-11(20(24)25)8-17(18(13)16)21(26)27/h1-9H. The maximum Gasteiger partial charge on any atom is 0.284 e. The molecule has 0 spiro atoms. The van der Waals surface area contributed by atoms with Gasteiger partial charge in [0.2, 0.25) is 0 Å². The Labute approximate surface area is 155 Å². The van der Waals surface area contributed by atoms with Crippen molar-refractivity contribution in [3.8, 4) is 11.1 Å². The maximum atomic E-state index is 11.6. The average Bonchev–Trinajstić information content (AvgIpc) is 3.27. The molecule has 10 nitrogen and oxygen atoms in total. The predicted molar refractivity (Wildman–Crippen MR) is 97.5 cm³/mol. The third-order valence-corrected chi connectivity index (χ3v) is 4.40. The number of fused-ring (bicyclic) bond motifs is 3. The summed E-state index contributed by atoms with van der Waals surface area (Å²) in [6.45, 7) is 0. The fourth-order valence-corrected chi connectivity index (χ4v) is 3.26. The van der Waals surface area contributed by atoms with Crippen LogP contribution in [0.1, 0.15) is 16.9 Å². The SMILES string of the molecule is O=[N+]([O-])c1ccc2c(c1)C(=Cc1ccco1)c1cc([N+](=O)[O-])cc([N+](=O)[O-])c1-2. The number of rotatable bonds is 4. The van der Waals surface area contributed by atoms with Gasteiger partial charge in [-0.2, -0.15) is 0 Å². The quantitative estimate of drug-likeness (QED) is 0.373. The number of nitro groups is 3. The zero-order valence-corrected chi connectivity index (χ0v) is 13.9. The lowest BCUT2D eigenvalue weighted by Gasteiger charge is -2.03. The molecule has 0 atom stereocenters. The second kappa shape index (κ2) is 6.13. The lowest BCUT2D eigenvalue weighted by atomic mass is 10.0. The smallest absolute Gasteiger partial charge is 0.284 e. The normalized spacial score (nSPS) is 13.2. The van der Waals surface area contributed by atoms with Crippen LogP contribution in [0.15, 0.2) is 53.1 Å². The van der Waals surface area contributed by atoms with E-state index in [2.05, 4.69) is 0 Å². The van der Waals surface area contributed by atoms with Crippen molar-refractivity contribution in [3.63, 3.8) is 0 Å². The van der Waals surface area contributed by atoms with Crippen molar-refractivity contribution in [2.24, 2.45) is 0 Å². The topological polar surface area (TPSA) is 143 Å². The molecular weight excluding hydrogens is 370 g/mol. The summed E-state index contributed by atoms with van der Waals surface area (Å²) in [4.78, 5) is 32.0. The van der Waals surface area contributed by atoms with Crippen LogP contribution in [0.2, 0.25) is 0 Å². The van der Waals surface area contributed by atoms with Gasteiger partial charge in [-0.15, -0.1) is 0 Å². The van der Waals surface area contributed by atoms with E-state index in [0.29, 0.717) is 22.5 Å². The monoisotopic (exact) mass is 379 g/mol. The summed E-state index contributed by atoms with van der Waals surface area (Å²) in [6, 6.07) is 9.32. The second-order valence-corrected chi connectivity index (χ2v) is 5.96. The molecule has 4 rings (SSSR count). The van der Waals surface area contributed by atoms with Gasteiger partial charge in [-0.25, -0.2) is 0 Å². The van der Waals surface area contributed by atoms with Crippen LogP contribution in [0.3, 0.4) is 0 Å². The van der Waals surface area contributed by atoms with Crippen molar-refractivity contribution in [2.45, 2.75) is 0 Å². The van der Waals surface area contributed by atoms with E-state index in [1.54, 1.807) is 18.2 Å². The molecule has 2 aromatic carbocycles. The number of benzene rings is 2. The largest absolute Gasteiger partial charge is 0.465 e. The molecule has 0 saturated heterocycles. The van der Waals surface area contributed by atoms with Gasteiger partial charge in [0.05, 0.1) is 32.7 Å². The van der Waals surface area contributed by atoms with Crippen LogP contribution in [-0.2, 0) is 0 Å². The van der Waals surface area contributed by atoms with Gasteiger partial charge in [0.1, 0.15) is 5.76 Å². The predicted octanol–water partition coefficient (Wildman–Crippen LogP) is 4.57. The van der Waals surface area contributed by atoms with Gasteiger partial charge in [-0.05, 0) is 41.0 Å². The lowest BCUT2D eigenvalue weighted by molar-refractivity contribution is -0.393. The number of non-ortho nitro benzene ring substituents is 2. The summed E-state index contributed by atoms with van der Waals surface area (Å²) in [7, 11) is 0. The Morgan fingerprint density at radius 3 is 2.11 bits per heavy atom. The van der Waals surface area contributed by atoms with Gasteiger partial charge in [-0.1, -0.05) is 0 Å². The number of hydrogen-bond donors (Lipinski definition) is 0. The Kier molecular flexibility index (Phi) is 3.74. The summed E-state index contributed by atoms with van der Waals surface area (Å²) in [5, 5.41) is 34.0. The van der Waals surface area contributed by atoms with Crippen LogP contribution >= 0.6 is 0 Å². The third-order valence-electron chi connectivity index (χ3n) is 4.40. The van der Waals surface area contributed by atoms with E-state index in [-0.39, 0.29) is 16.8 Å². The van der Waals surface area contributed by atoms with E-state index in [4.69, 9.17) is 4.42 Å². The molecular formula is C18H9N3O7. The van der Waals surface area contributed by atoms with Crippen molar-refractivity contribution in [3.05, 3.63) is 96.0 Å². The second-order valence-electron chi connectivity index (χ2n) is 5.96. The van der Waals surface area contributed by atoms with E-state index < -0.39 is 26.1 Å². The fraction of sp³-hybridized carbons (Fsp3) is 0. The Balaban J connectivity index is 2.09. The molecule has 0 N–H and O–H groups in total. The van der Waals surface area contributed by atoms with Gasteiger partial charge >= 0.3 is 0 Å². The number of nitro benzene ring substituents is 3. The highest BCUT2D eigenvalue weighted by molar-refractivity contribution is 6.09. The molecule has 0 saturated carbocycles. The zero-order chi connectivity index (χ0) is 20.0. The highest BCUT2D eigenvalue weighted by atomic mass is 16.6. The van der Waals surface area contributed by atoms with Gasteiger partial charge < -0.3 is 4.42 Å². The van der Waals surface area contributed by atoms with Crippen LogP contribution in [0, 0.1) is 30.3 Å². The lowest BCUT2D eigenvalue weighted by Crippen LogP contribution is -1.96. The van der Waals surface area contributed by atoms with E-state index >= 15 is 0 Å². The summed E-state index contributed by atoms with van der Waals surface area (Å²) in [6.07, 6.45) is 2.97. The van der Waals surface area contributed by atoms with Crippen LogP contribution in [0.4, 0.5) is 17.1 Å². The van der Waals surface area contributed by atoms with E-state index in [9.17, 15) is 30.3 Å². The Morgan fingerprint density at radius 2 is 1.50 bits per heavy atom. The number of nitrogens with zero attached hydrogens (tertiary/aromatic N) is 3. The van der Waals surface area contributed by atoms with Gasteiger partial charge in [0, 0.05) is 23.8 Å². The molecule has 1 aliphatic carbocycles. The van der Waals surface area contributed by atoms with Crippen LogP contribution in [0.5, 0.6) is 0 Å². The molecule has 1 aliphatic rings. The highest BCUT2D eigenvalue weighted by Crippen LogP contribution is 2.51. The minimum absolute atomic E-state index is 0.179. The first-order valence-corrected chi connectivity index (χ1v) is 7.88. The first-order valence-electron chi connectivity index (χ1n) is 7.88. The molecule has 0 amide bonds. The van der Waals surface area contributed by atoms with Gasteiger partial charge in [-0.3, -0.25) is 30.3 Å². The van der Waals surface area contributed by atoms with Crippen molar-refractivity contribution < 1.29 is 19.2 Å². The molecule has 28 heavy (non-hydrogen) atoms. The van der Waals surface area contributed by atoms with Gasteiger partial charge in [0.15, 0.2) is 0 Å². The molecule has 0 fully saturated rings. The minimum atomic E-state index is -0.719. The summed E-state index contributed by atoms with van der Waals surface area (Å²) < 4.78 is 5.28. The molecule has 3 aromatic rings. The molecule has 1 aromatic heterocycles. The van der Waals surface area contributed by atoms with Crippen LogP contribution in [-0.4, -0.2) is 14.8 Å². The summed E-state index contributed by atoms with van der Waals surface area (Å²) in [5.41, 5.74) is 0.458. The first-order chi connectivity index (χ1) is 13.4. The third kappa shape index (κ3) is 2.60. The Hall–Kier alpha value is -4.34. The van der Waals surface area contributed by atoms with Crippen molar-refractivity contribution >= 4 is 28.7 Å². The molecule has 0 aliphatic heterocycles. The number of furan rings is 1. The summed E-state index contributed by atoms with van der Waals surface area (Å²) in [5.74, 6) is 0.398. The maximum absolute atomic E-state index is 11.6. The van der Waals surface area contributed by atoms with Crippen molar-refractivity contribution in [1.82, 2.24) is 0 Å². The molecule has 0 unspecified atom stereocenters. The fourth-order valence-electron chi connectivity index (χ4n) is 3.26. The average molecular weight is 379 g/mol. The van der Waals surface area contributed by atoms with E-state index in [1.807, 2.05) is 0 Å². The van der Waals surface area contributed by atoms with E-state index in [0.717, 1.165) is 6.07 Å². The Bertz CT molecular complexity index is 1200. The minimum Gasteiger partial charge on any atom is -0.465 e. The highest BCUT2D eigenvalue weighted by Gasteiger charge is 2.34. The number of hydrogen-bond acceptors (Lipinski definition) is 7. The zero-order valence-electron chi connectivity index (χ0n) is 13.9. The molecule has 138 valence electrons. The van der Waals surface area contributed by atoms with Crippen LogP contribution in [0.25, 0.3) is 22.8 Å². The first kappa shape index (κ1) is 17.1. The van der Waals surface area contributed by atoms with Crippen molar-refractivity contribution in [2.75, 3.05) is 0 Å². The Morgan fingerprint density at radius 1 is 0.786 bits per heavy atom. The van der Waals surface area contributed by atoms with Gasteiger partial charge in [0.25, 0.3) is 17.1 Å². The molecule has 0 bridgehead atoms. The molecule has 1 heterocycles. The van der Waals surface area contributed by atoms with Crippen molar-refractivity contribution in [1.29, 1.82) is 0 Å². The summed E-state index contributed by atoms with van der Waals surface area (Å²) >= 11 is 0.